The summed E-state index contributed by atoms with van der Waals surface area (Å²) in [6.45, 7) is 0. The standard InChI is InChI=1S/C7H6O2.C2H3O2.K/c8-7(9)6-4-2-1-3-5-6;1-4-2-3;/h1-5H,(H,8,9);1H3;. The van der Waals surface area contributed by atoms with E-state index in [1.807, 2.05) is 0 Å². The van der Waals surface area contributed by atoms with Gasteiger partial charge in [0.2, 0.25) is 0 Å². The van der Waals surface area contributed by atoms with Crippen LogP contribution in [0.25, 0.3) is 0 Å². The Hall–Kier alpha value is -0.204. The molecule has 1 rings (SSSR count). The second kappa shape index (κ2) is 8.13. The number of ether oxygens (including phenoxy) is 1. The van der Waals surface area contributed by atoms with E-state index in [4.69, 9.17) is 5.11 Å². The second-order valence-electron chi connectivity index (χ2n) is 2.37. The average molecular weight is 220 g/mol. The Labute approximate surface area is 116 Å². The molecule has 0 spiro atoms. The van der Waals surface area contributed by atoms with Crippen molar-refractivity contribution < 1.29 is 19.4 Å². The van der Waals surface area contributed by atoms with Crippen molar-refractivity contribution in [3.05, 3.63) is 35.9 Å². The van der Waals surface area contributed by atoms with E-state index in [0.29, 0.717) is 5.56 Å². The Kier molecular flexibility index (Phi) is 8.02. The van der Waals surface area contributed by atoms with Crippen LogP contribution in [0.1, 0.15) is 10.4 Å². The van der Waals surface area contributed by atoms with Gasteiger partial charge < -0.3 is 5.11 Å². The quantitative estimate of drug-likeness (QED) is 0.725. The van der Waals surface area contributed by atoms with Gasteiger partial charge in [-0.1, -0.05) is 18.2 Å². The van der Waals surface area contributed by atoms with Crippen LogP contribution >= 0.6 is 0 Å². The first-order chi connectivity index (χ1) is 6.57. The fraction of sp³-hybridized carbons (Fsp3) is 0.111. The Morgan fingerprint density at radius 3 is 1.93 bits per heavy atom. The number of aromatic carboxylic acids is 1. The molecule has 70 valence electrons. The number of carboxylic acids is 1. The number of carboxylic acid groups (broad SMARTS) is 1. The minimum atomic E-state index is -0.879. The van der Waals surface area contributed by atoms with Gasteiger partial charge in [-0.2, -0.15) is 0 Å². The molecule has 0 saturated carbocycles. The molecule has 0 amide bonds. The predicted molar refractivity (Wildman–Crippen MR) is 51.6 cm³/mol. The van der Waals surface area contributed by atoms with Crippen LogP contribution in [0.3, 0.4) is 0 Å². The van der Waals surface area contributed by atoms with Crippen molar-refractivity contribution >= 4 is 55.0 Å². The van der Waals surface area contributed by atoms with Gasteiger partial charge in [-0.3, -0.25) is 0 Å². The number of carbonyl (C=O) groups excluding carboxylic acids is 1. The smallest absolute Gasteiger partial charge is 0.335 e. The van der Waals surface area contributed by atoms with Crippen LogP contribution in [-0.2, 0) is 4.74 Å². The zero-order chi connectivity index (χ0) is 11.0. The zero-order valence-electron chi connectivity index (χ0n) is 8.06. The maximum Gasteiger partial charge on any atom is 0.335 e. The van der Waals surface area contributed by atoms with Crippen LogP contribution in [0.2, 0.25) is 0 Å². The fourth-order valence-electron chi connectivity index (χ4n) is 0.581. The van der Waals surface area contributed by atoms with Gasteiger partial charge in [-0.05, 0) is 12.1 Å². The van der Waals surface area contributed by atoms with Crippen molar-refractivity contribution in [1.82, 2.24) is 0 Å². The van der Waals surface area contributed by atoms with Gasteiger partial charge in [0.15, 0.2) is 0 Å². The van der Waals surface area contributed by atoms with E-state index in [1.165, 1.54) is 7.11 Å². The molecule has 1 N–H and O–H groups in total. The van der Waals surface area contributed by atoms with E-state index < -0.39 is 5.97 Å². The summed E-state index contributed by atoms with van der Waals surface area (Å²) in [5.74, 6) is -0.879. The van der Waals surface area contributed by atoms with Gasteiger partial charge in [0.05, 0.1) is 5.56 Å². The number of hydrogen-bond donors (Lipinski definition) is 1. The molecule has 0 heterocycles. The SMILES string of the molecule is CO[C](=O)[K].O=C(O)c1ccccc1. The maximum absolute atomic E-state index is 10.2. The molecule has 0 aromatic heterocycles. The van der Waals surface area contributed by atoms with Gasteiger partial charge in [0, 0.05) is 0 Å². The average Bonchev–Trinajstić information content (AvgIpc) is 2.20. The molecule has 0 unspecified atom stereocenters. The molecule has 0 aliphatic rings. The van der Waals surface area contributed by atoms with Crippen molar-refractivity contribution in [3.63, 3.8) is 0 Å². The Morgan fingerprint density at radius 2 is 1.71 bits per heavy atom. The van der Waals surface area contributed by atoms with Crippen molar-refractivity contribution in [1.29, 1.82) is 0 Å². The molecule has 0 aliphatic carbocycles. The van der Waals surface area contributed by atoms with Crippen LogP contribution < -0.4 is 0 Å². The first-order valence-electron chi connectivity index (χ1n) is 3.90. The first-order valence-corrected chi connectivity index (χ1v) is 5.47. The van der Waals surface area contributed by atoms with Crippen molar-refractivity contribution in [2.24, 2.45) is 0 Å². The summed E-state index contributed by atoms with van der Waals surface area (Å²) in [5.41, 5.74) is 0.331. The van der Waals surface area contributed by atoms with E-state index in [9.17, 15) is 9.59 Å². The van der Waals surface area contributed by atoms with Gasteiger partial charge in [-0.15, -0.1) is 0 Å². The zero-order valence-corrected chi connectivity index (χ0v) is 11.2. The van der Waals surface area contributed by atoms with Crippen LogP contribution in [0.15, 0.2) is 30.3 Å². The minimum Gasteiger partial charge on any atom is -0.478 e. The summed E-state index contributed by atoms with van der Waals surface area (Å²) >= 11 is 0.210. The Bertz CT molecular complexity index is 297. The Balaban J connectivity index is 0.000000292. The molecule has 4 nitrogen and oxygen atoms in total. The van der Waals surface area contributed by atoms with E-state index in [1.54, 1.807) is 30.3 Å². The van der Waals surface area contributed by atoms with Gasteiger partial charge in [0.25, 0.3) is 0 Å². The summed E-state index contributed by atoms with van der Waals surface area (Å²) in [6.07, 6.45) is 0. The topological polar surface area (TPSA) is 63.6 Å². The van der Waals surface area contributed by atoms with Gasteiger partial charge >= 0.3 is 71.6 Å². The van der Waals surface area contributed by atoms with E-state index in [0.717, 1.165) is 0 Å². The summed E-state index contributed by atoms with van der Waals surface area (Å²) in [4.78, 5) is 19.9. The maximum atomic E-state index is 10.2. The van der Waals surface area contributed by atoms with E-state index >= 15 is 0 Å². The van der Waals surface area contributed by atoms with Crippen molar-refractivity contribution in [3.8, 4) is 0 Å². The molecule has 0 bridgehead atoms. The van der Waals surface area contributed by atoms with E-state index in [2.05, 4.69) is 4.74 Å². The molecule has 5 heteroatoms. The minimum absolute atomic E-state index is 0.0579. The molecule has 0 aliphatic heterocycles. The number of methoxy groups -OCH3 is 1. The number of carbonyl (C=O) groups is 2. The predicted octanol–water partition coefficient (Wildman–Crippen LogP) is 1.31. The number of rotatable bonds is 1. The molecule has 14 heavy (non-hydrogen) atoms. The second-order valence-corrected chi connectivity index (χ2v) is 3.64. The summed E-state index contributed by atoms with van der Waals surface area (Å²) in [7, 11) is 1.40. The van der Waals surface area contributed by atoms with Crippen LogP contribution in [0.4, 0.5) is 4.79 Å². The monoisotopic (exact) mass is 220 g/mol. The van der Waals surface area contributed by atoms with Gasteiger partial charge in [-0.25, -0.2) is 4.79 Å². The normalized spacial score (nSPS) is 8.21. The largest absolute Gasteiger partial charge is 0.478 e. The third-order valence-corrected chi connectivity index (χ3v) is 1.95. The summed E-state index contributed by atoms with van der Waals surface area (Å²) < 4.78 is 4.14. The molecule has 0 radical (unpaired) electrons. The summed E-state index contributed by atoms with van der Waals surface area (Å²) in [6, 6.07) is 8.30. The molecule has 1 aromatic carbocycles. The van der Waals surface area contributed by atoms with Crippen molar-refractivity contribution in [2.45, 2.75) is 0 Å². The molecular weight excluding hydrogens is 211 g/mol. The van der Waals surface area contributed by atoms with Crippen LogP contribution in [0.5, 0.6) is 0 Å². The molecular formula is C9H9KO4. The van der Waals surface area contributed by atoms with Crippen LogP contribution in [0, 0.1) is 0 Å². The third-order valence-electron chi connectivity index (χ3n) is 1.31. The third kappa shape index (κ3) is 7.22. The number of benzene rings is 1. The molecule has 0 saturated heterocycles. The van der Waals surface area contributed by atoms with Crippen LogP contribution in [-0.4, -0.2) is 67.2 Å². The summed E-state index contributed by atoms with van der Waals surface area (Å²) in [5, 5.41) is 8.38. The molecule has 1 aromatic rings. The van der Waals surface area contributed by atoms with E-state index in [-0.39, 0.29) is 49.0 Å². The van der Waals surface area contributed by atoms with Gasteiger partial charge in [0.1, 0.15) is 0 Å². The first kappa shape index (κ1) is 13.8. The Morgan fingerprint density at radius 1 is 1.29 bits per heavy atom. The fourth-order valence-corrected chi connectivity index (χ4v) is 0.581. The molecule has 0 atom stereocenters. The number of hydrogen-bond acceptors (Lipinski definition) is 3. The van der Waals surface area contributed by atoms with Crippen molar-refractivity contribution in [2.75, 3.05) is 7.11 Å². The molecule has 0 fully saturated rings.